The maximum Gasteiger partial charge on any atom is 0.387 e. The summed E-state index contributed by atoms with van der Waals surface area (Å²) >= 11 is 0. The Morgan fingerprint density at radius 2 is 1.88 bits per heavy atom. The van der Waals surface area contributed by atoms with E-state index in [1.807, 2.05) is 0 Å². The van der Waals surface area contributed by atoms with Crippen LogP contribution in [0.15, 0.2) is 48.5 Å². The molecule has 7 heteroatoms. The topological polar surface area (TPSA) is 67.8 Å². The fourth-order valence-electron chi connectivity index (χ4n) is 2.34. The predicted octanol–water partition coefficient (Wildman–Crippen LogP) is 3.60. The van der Waals surface area contributed by atoms with Gasteiger partial charge in [0.2, 0.25) is 0 Å². The van der Waals surface area contributed by atoms with Gasteiger partial charge in [-0.15, -0.1) is 0 Å². The number of benzene rings is 2. The largest absolute Gasteiger partial charge is 0.490 e. The van der Waals surface area contributed by atoms with Crippen molar-refractivity contribution in [3.8, 4) is 11.5 Å². The van der Waals surface area contributed by atoms with E-state index in [2.05, 4.69) is 10.1 Å². The van der Waals surface area contributed by atoms with Crippen LogP contribution in [0.4, 0.5) is 8.78 Å². The number of halogens is 2. The molecule has 2 aromatic rings. The first kappa shape index (κ1) is 18.7. The summed E-state index contributed by atoms with van der Waals surface area (Å²) in [6.45, 7) is -0.704. The van der Waals surface area contributed by atoms with Crippen molar-refractivity contribution in [1.29, 1.82) is 0 Å². The zero-order valence-corrected chi connectivity index (χ0v) is 13.6. The Hall–Kier alpha value is -2.67. The quantitative estimate of drug-likeness (QED) is 0.722. The maximum atomic E-state index is 12.4. The molecule has 2 rings (SSSR count). The number of hydrogen-bond donors (Lipinski definition) is 2. The molecule has 2 N–H and O–H groups in total. The molecule has 0 saturated carbocycles. The number of carboxylic acid groups (broad SMARTS) is 1. The molecule has 0 unspecified atom stereocenters. The molecule has 0 aromatic heterocycles. The molecule has 25 heavy (non-hydrogen) atoms. The lowest BCUT2D eigenvalue weighted by molar-refractivity contribution is -0.139. The van der Waals surface area contributed by atoms with E-state index >= 15 is 0 Å². The van der Waals surface area contributed by atoms with E-state index in [-0.39, 0.29) is 24.7 Å². The molecule has 5 nitrogen and oxygen atoms in total. The number of carbonyl (C=O) groups is 1. The van der Waals surface area contributed by atoms with Crippen LogP contribution < -0.4 is 14.8 Å². The monoisotopic (exact) mass is 351 g/mol. The van der Waals surface area contributed by atoms with Gasteiger partial charge in [0.1, 0.15) is 6.04 Å². The Bertz CT molecular complexity index is 695. The summed E-state index contributed by atoms with van der Waals surface area (Å²) in [6, 6.07) is 12.4. The van der Waals surface area contributed by atoms with Crippen molar-refractivity contribution in [3.63, 3.8) is 0 Å². The van der Waals surface area contributed by atoms with Gasteiger partial charge in [0.05, 0.1) is 6.61 Å². The van der Waals surface area contributed by atoms with Crippen LogP contribution in [-0.2, 0) is 11.3 Å². The minimum absolute atomic E-state index is 0.0570. The molecule has 0 spiro atoms. The van der Waals surface area contributed by atoms with Gasteiger partial charge in [0.15, 0.2) is 11.5 Å². The molecule has 0 amide bonds. The van der Waals surface area contributed by atoms with Crippen LogP contribution in [0, 0.1) is 0 Å². The lowest BCUT2D eigenvalue weighted by Crippen LogP contribution is -2.28. The molecular formula is C18H19F2NO4. The Morgan fingerprint density at radius 1 is 1.16 bits per heavy atom. The number of rotatable bonds is 9. The summed E-state index contributed by atoms with van der Waals surface area (Å²) in [5, 5.41) is 12.3. The smallest absolute Gasteiger partial charge is 0.387 e. The van der Waals surface area contributed by atoms with Gasteiger partial charge >= 0.3 is 12.6 Å². The molecule has 0 aliphatic carbocycles. The Kier molecular flexibility index (Phi) is 6.71. The zero-order chi connectivity index (χ0) is 18.2. The summed E-state index contributed by atoms with van der Waals surface area (Å²) in [6.07, 6.45) is 0. The fraction of sp³-hybridized carbons (Fsp3) is 0.278. The first-order chi connectivity index (χ1) is 12.0. The van der Waals surface area contributed by atoms with Gasteiger partial charge in [-0.05, 0) is 30.2 Å². The van der Waals surface area contributed by atoms with Crippen molar-refractivity contribution < 1.29 is 28.2 Å². The van der Waals surface area contributed by atoms with Gasteiger partial charge in [-0.25, -0.2) is 0 Å². The number of ether oxygens (including phenoxy) is 2. The van der Waals surface area contributed by atoms with Gasteiger partial charge in [-0.3, -0.25) is 10.1 Å². The van der Waals surface area contributed by atoms with Crippen molar-refractivity contribution in [2.75, 3.05) is 6.61 Å². The minimum atomic E-state index is -2.95. The average Bonchev–Trinajstić information content (AvgIpc) is 2.58. The highest BCUT2D eigenvalue weighted by Gasteiger charge is 2.19. The van der Waals surface area contributed by atoms with Crippen LogP contribution >= 0.6 is 0 Å². The SMILES string of the molecule is CCOc1cc(CN[C@@H](C(=O)O)c2ccccc2)ccc1OC(F)F. The van der Waals surface area contributed by atoms with Crippen molar-refractivity contribution in [2.45, 2.75) is 26.1 Å². The van der Waals surface area contributed by atoms with Gasteiger partial charge in [0.25, 0.3) is 0 Å². The van der Waals surface area contributed by atoms with Crippen LogP contribution in [0.2, 0.25) is 0 Å². The van der Waals surface area contributed by atoms with Crippen molar-refractivity contribution >= 4 is 5.97 Å². The minimum Gasteiger partial charge on any atom is -0.490 e. The fourth-order valence-corrected chi connectivity index (χ4v) is 2.34. The molecule has 0 aliphatic rings. The summed E-state index contributed by atoms with van der Waals surface area (Å²) < 4.78 is 34.6. The normalized spacial score (nSPS) is 12.0. The second-order valence-electron chi connectivity index (χ2n) is 5.16. The molecule has 0 saturated heterocycles. The van der Waals surface area contributed by atoms with Crippen molar-refractivity contribution in [3.05, 3.63) is 59.7 Å². The van der Waals surface area contributed by atoms with Crippen LogP contribution in [0.1, 0.15) is 24.1 Å². The first-order valence-electron chi connectivity index (χ1n) is 7.73. The lowest BCUT2D eigenvalue weighted by atomic mass is 10.1. The Morgan fingerprint density at radius 3 is 2.48 bits per heavy atom. The van der Waals surface area contributed by atoms with Crippen LogP contribution in [0.3, 0.4) is 0 Å². The molecule has 0 bridgehead atoms. The van der Waals surface area contributed by atoms with E-state index in [1.165, 1.54) is 6.07 Å². The molecule has 0 aliphatic heterocycles. The van der Waals surface area contributed by atoms with E-state index in [4.69, 9.17) is 4.74 Å². The number of nitrogens with one attached hydrogen (secondary N) is 1. The third-order valence-electron chi connectivity index (χ3n) is 3.41. The van der Waals surface area contributed by atoms with Gasteiger partial charge < -0.3 is 14.6 Å². The summed E-state index contributed by atoms with van der Waals surface area (Å²) in [5.74, 6) is -0.874. The second-order valence-corrected chi connectivity index (χ2v) is 5.16. The van der Waals surface area contributed by atoms with Crippen molar-refractivity contribution in [2.24, 2.45) is 0 Å². The van der Waals surface area contributed by atoms with Crippen LogP contribution in [0.5, 0.6) is 11.5 Å². The highest BCUT2D eigenvalue weighted by Crippen LogP contribution is 2.30. The Balaban J connectivity index is 2.13. The van der Waals surface area contributed by atoms with Crippen LogP contribution in [-0.4, -0.2) is 24.3 Å². The summed E-state index contributed by atoms with van der Waals surface area (Å²) in [4.78, 5) is 11.5. The number of alkyl halides is 2. The van der Waals surface area contributed by atoms with E-state index in [0.29, 0.717) is 11.1 Å². The highest BCUT2D eigenvalue weighted by molar-refractivity contribution is 5.75. The third-order valence-corrected chi connectivity index (χ3v) is 3.41. The standard InChI is InChI=1S/C18H19F2NO4/c1-2-24-15-10-12(8-9-14(15)25-18(19)20)11-21-16(17(22)23)13-6-4-3-5-7-13/h3-10,16,18,21H,2,11H2,1H3,(H,22,23)/t16-/m1/s1. The van der Waals surface area contributed by atoms with Gasteiger partial charge in [-0.1, -0.05) is 36.4 Å². The number of carboxylic acids is 1. The van der Waals surface area contributed by atoms with Crippen molar-refractivity contribution in [1.82, 2.24) is 5.32 Å². The molecule has 0 heterocycles. The molecular weight excluding hydrogens is 332 g/mol. The number of aliphatic carboxylic acids is 1. The highest BCUT2D eigenvalue weighted by atomic mass is 19.3. The zero-order valence-electron chi connectivity index (χ0n) is 13.6. The predicted molar refractivity (Wildman–Crippen MR) is 87.9 cm³/mol. The lowest BCUT2D eigenvalue weighted by Gasteiger charge is -2.16. The van der Waals surface area contributed by atoms with Gasteiger partial charge in [-0.2, -0.15) is 8.78 Å². The molecule has 134 valence electrons. The average molecular weight is 351 g/mol. The van der Waals surface area contributed by atoms with E-state index in [1.54, 1.807) is 49.4 Å². The van der Waals surface area contributed by atoms with E-state index in [0.717, 1.165) is 0 Å². The molecule has 0 radical (unpaired) electrons. The number of hydrogen-bond acceptors (Lipinski definition) is 4. The maximum absolute atomic E-state index is 12.4. The molecule has 0 fully saturated rings. The van der Waals surface area contributed by atoms with Gasteiger partial charge in [0, 0.05) is 6.54 Å². The van der Waals surface area contributed by atoms with Crippen LogP contribution in [0.25, 0.3) is 0 Å². The second kappa shape index (κ2) is 8.98. The first-order valence-corrected chi connectivity index (χ1v) is 7.73. The van der Waals surface area contributed by atoms with E-state index in [9.17, 15) is 18.7 Å². The Labute approximate surface area is 144 Å². The summed E-state index contributed by atoms with van der Waals surface area (Å²) in [5.41, 5.74) is 1.31. The third kappa shape index (κ3) is 5.42. The summed E-state index contributed by atoms with van der Waals surface area (Å²) in [7, 11) is 0. The molecule has 2 aromatic carbocycles. The van der Waals surface area contributed by atoms with E-state index < -0.39 is 18.6 Å². The molecule has 1 atom stereocenters.